The lowest BCUT2D eigenvalue weighted by Gasteiger charge is -2.14. The Morgan fingerprint density at radius 1 is 0.444 bits per heavy atom. The molecule has 2 heterocycles. The first-order chi connectivity index (χ1) is 17.5. The molecule has 0 unspecified atom stereocenters. The Balaban J connectivity index is 1.35. The molecule has 2 aliphatic rings. The Hall–Kier alpha value is -5.24. The third-order valence-electron chi connectivity index (χ3n) is 5.73. The van der Waals surface area contributed by atoms with Crippen molar-refractivity contribution in [3.8, 4) is 34.1 Å². The highest BCUT2D eigenvalue weighted by Crippen LogP contribution is 2.38. The fourth-order valence-corrected chi connectivity index (χ4v) is 4.02. The van der Waals surface area contributed by atoms with Crippen molar-refractivity contribution >= 4 is 23.9 Å². The number of fused-ring (bicyclic) bond motifs is 2. The zero-order valence-corrected chi connectivity index (χ0v) is 18.3. The molecule has 2 aliphatic heterocycles. The Kier molecular flexibility index (Phi) is 4.86. The molecule has 0 spiro atoms. The van der Waals surface area contributed by atoms with Gasteiger partial charge in [-0.15, -0.1) is 0 Å². The minimum Gasteiger partial charge on any atom is -0.457 e. The third kappa shape index (κ3) is 3.67. The molecule has 0 aliphatic carbocycles. The van der Waals surface area contributed by atoms with Crippen molar-refractivity contribution in [2.45, 2.75) is 0 Å². The van der Waals surface area contributed by atoms with Gasteiger partial charge in [-0.3, -0.25) is 0 Å². The van der Waals surface area contributed by atoms with Crippen molar-refractivity contribution in [3.63, 3.8) is 0 Å². The minimum absolute atomic E-state index is 0.146. The first-order valence-electron chi connectivity index (χ1n) is 10.8. The van der Waals surface area contributed by atoms with E-state index in [0.717, 1.165) is 5.56 Å². The van der Waals surface area contributed by atoms with Crippen LogP contribution < -0.4 is 9.47 Å². The standard InChI is InChI=1S/C28H14O8/c29-25-19-9-6-16(13-22(19)27(31)35-25)33-17-8-11-24(21(12-17)15-4-2-1-3-5-15)34-18-7-10-20-23(14-18)28(32)36-26(20)30/h1-14H. The number of esters is 4. The Morgan fingerprint density at radius 3 is 1.50 bits per heavy atom. The lowest BCUT2D eigenvalue weighted by atomic mass is 10.0. The molecule has 8 heteroatoms. The van der Waals surface area contributed by atoms with Crippen LogP contribution in [0, 0.1) is 0 Å². The molecular weight excluding hydrogens is 464 g/mol. The van der Waals surface area contributed by atoms with Crippen LogP contribution in [-0.4, -0.2) is 23.9 Å². The number of ether oxygens (including phenoxy) is 4. The highest BCUT2D eigenvalue weighted by molar-refractivity contribution is 6.15. The predicted molar refractivity (Wildman–Crippen MR) is 124 cm³/mol. The second-order valence-corrected chi connectivity index (χ2v) is 8.00. The van der Waals surface area contributed by atoms with E-state index in [2.05, 4.69) is 9.47 Å². The van der Waals surface area contributed by atoms with Crippen molar-refractivity contribution < 1.29 is 38.1 Å². The largest absolute Gasteiger partial charge is 0.457 e. The molecule has 6 rings (SSSR count). The van der Waals surface area contributed by atoms with Crippen molar-refractivity contribution in [2.75, 3.05) is 0 Å². The average Bonchev–Trinajstić information content (AvgIpc) is 3.33. The SMILES string of the molecule is O=C1OC(=O)c2cc(Oc3ccc(Oc4ccc5c(c4)C(=O)OC5=O)c(-c4ccccc4)c3)ccc21. The Morgan fingerprint density at radius 2 is 0.917 bits per heavy atom. The summed E-state index contributed by atoms with van der Waals surface area (Å²) in [4.78, 5) is 47.2. The topological polar surface area (TPSA) is 105 Å². The summed E-state index contributed by atoms with van der Waals surface area (Å²) in [6.07, 6.45) is 0. The normalized spacial score (nSPS) is 13.7. The van der Waals surface area contributed by atoms with Gasteiger partial charge in [0.05, 0.1) is 22.3 Å². The minimum atomic E-state index is -0.715. The second-order valence-electron chi connectivity index (χ2n) is 8.00. The molecule has 0 N–H and O–H groups in total. The van der Waals surface area contributed by atoms with E-state index in [1.807, 2.05) is 30.3 Å². The maximum absolute atomic E-state index is 11.9. The van der Waals surface area contributed by atoms with Crippen LogP contribution in [0.5, 0.6) is 23.0 Å². The van der Waals surface area contributed by atoms with Crippen LogP contribution in [0.2, 0.25) is 0 Å². The van der Waals surface area contributed by atoms with E-state index in [9.17, 15) is 19.2 Å². The number of carbonyl (C=O) groups is 4. The molecule has 8 nitrogen and oxygen atoms in total. The van der Waals surface area contributed by atoms with Crippen molar-refractivity contribution in [1.82, 2.24) is 0 Å². The molecule has 4 aromatic rings. The fraction of sp³-hybridized carbons (Fsp3) is 0. The number of benzene rings is 4. The van der Waals surface area contributed by atoms with Crippen molar-refractivity contribution in [1.29, 1.82) is 0 Å². The van der Waals surface area contributed by atoms with Crippen LogP contribution in [0.4, 0.5) is 0 Å². The van der Waals surface area contributed by atoms with E-state index >= 15 is 0 Å². The summed E-state index contributed by atoms with van der Waals surface area (Å²) < 4.78 is 21.3. The molecule has 0 amide bonds. The van der Waals surface area contributed by atoms with Crippen molar-refractivity contribution in [3.05, 3.63) is 107 Å². The molecule has 0 saturated heterocycles. The highest BCUT2D eigenvalue weighted by Gasteiger charge is 2.31. The van der Waals surface area contributed by atoms with E-state index in [0.29, 0.717) is 28.6 Å². The van der Waals surface area contributed by atoms with Gasteiger partial charge in [0.15, 0.2) is 0 Å². The lowest BCUT2D eigenvalue weighted by molar-refractivity contribution is 0.0425. The summed E-state index contributed by atoms with van der Waals surface area (Å²) in [5, 5.41) is 0. The van der Waals surface area contributed by atoms with E-state index in [1.165, 1.54) is 24.3 Å². The summed E-state index contributed by atoms with van der Waals surface area (Å²) in [5.74, 6) is -1.14. The van der Waals surface area contributed by atoms with Gasteiger partial charge in [-0.2, -0.15) is 0 Å². The summed E-state index contributed by atoms with van der Waals surface area (Å²) in [7, 11) is 0. The molecule has 36 heavy (non-hydrogen) atoms. The Labute approximate surface area is 203 Å². The van der Waals surface area contributed by atoms with Crippen molar-refractivity contribution in [2.24, 2.45) is 0 Å². The van der Waals surface area contributed by atoms with Gasteiger partial charge in [0.1, 0.15) is 23.0 Å². The Bertz CT molecular complexity index is 1600. The maximum atomic E-state index is 11.9. The monoisotopic (exact) mass is 478 g/mol. The summed E-state index contributed by atoms with van der Waals surface area (Å²) >= 11 is 0. The molecule has 174 valence electrons. The molecule has 0 aromatic heterocycles. The van der Waals surface area contributed by atoms with E-state index < -0.39 is 23.9 Å². The summed E-state index contributed by atoms with van der Waals surface area (Å²) in [6, 6.07) is 23.7. The van der Waals surface area contributed by atoms with Crippen LogP contribution in [0.1, 0.15) is 41.4 Å². The van der Waals surface area contributed by atoms with Crippen LogP contribution in [-0.2, 0) is 9.47 Å². The van der Waals surface area contributed by atoms with Gasteiger partial charge in [0, 0.05) is 5.56 Å². The van der Waals surface area contributed by atoms with Gasteiger partial charge < -0.3 is 18.9 Å². The molecule has 0 fully saturated rings. The molecule has 0 bridgehead atoms. The summed E-state index contributed by atoms with van der Waals surface area (Å²) in [5.41, 5.74) is 2.22. The first-order valence-corrected chi connectivity index (χ1v) is 10.8. The van der Waals surface area contributed by atoms with Crippen LogP contribution in [0.15, 0.2) is 84.9 Å². The van der Waals surface area contributed by atoms with E-state index in [4.69, 9.17) is 9.47 Å². The van der Waals surface area contributed by atoms with E-state index in [-0.39, 0.29) is 22.3 Å². The fourth-order valence-electron chi connectivity index (χ4n) is 4.02. The zero-order chi connectivity index (χ0) is 24.8. The molecular formula is C28H14O8. The lowest BCUT2D eigenvalue weighted by Crippen LogP contribution is -1.97. The molecule has 0 saturated carbocycles. The van der Waals surface area contributed by atoms with Gasteiger partial charge in [-0.25, -0.2) is 19.2 Å². The first kappa shape index (κ1) is 21.3. The third-order valence-corrected chi connectivity index (χ3v) is 5.73. The number of cyclic esters (lactones) is 4. The molecule has 0 radical (unpaired) electrons. The molecule has 4 aromatic carbocycles. The second kappa shape index (κ2) is 8.21. The van der Waals surface area contributed by atoms with Crippen LogP contribution in [0.25, 0.3) is 11.1 Å². The van der Waals surface area contributed by atoms with Crippen LogP contribution >= 0.6 is 0 Å². The van der Waals surface area contributed by atoms with Gasteiger partial charge in [0.25, 0.3) is 0 Å². The number of hydrogen-bond acceptors (Lipinski definition) is 8. The van der Waals surface area contributed by atoms with Crippen LogP contribution in [0.3, 0.4) is 0 Å². The van der Waals surface area contributed by atoms with Gasteiger partial charge in [0.2, 0.25) is 0 Å². The van der Waals surface area contributed by atoms with Gasteiger partial charge in [-0.1, -0.05) is 30.3 Å². The van der Waals surface area contributed by atoms with Gasteiger partial charge >= 0.3 is 23.9 Å². The smallest absolute Gasteiger partial charge is 0.347 e. The highest BCUT2D eigenvalue weighted by atomic mass is 16.6. The summed E-state index contributed by atoms with van der Waals surface area (Å²) in [6.45, 7) is 0. The molecule has 0 atom stereocenters. The van der Waals surface area contributed by atoms with E-state index in [1.54, 1.807) is 30.3 Å². The quantitative estimate of drug-likeness (QED) is 0.271. The number of rotatable bonds is 5. The number of hydrogen-bond donors (Lipinski definition) is 0. The number of carbonyl (C=O) groups excluding carboxylic acids is 4. The maximum Gasteiger partial charge on any atom is 0.347 e. The average molecular weight is 478 g/mol. The predicted octanol–water partition coefficient (Wildman–Crippen LogP) is 5.56. The zero-order valence-electron chi connectivity index (χ0n) is 18.3. The van der Waals surface area contributed by atoms with Gasteiger partial charge in [-0.05, 0) is 60.2 Å².